The van der Waals surface area contributed by atoms with Crippen molar-refractivity contribution in [2.75, 3.05) is 39.6 Å². The number of aromatic hydroxyl groups is 1. The van der Waals surface area contributed by atoms with Crippen molar-refractivity contribution in [2.45, 2.75) is 44.4 Å². The standard InChI is InChI=1S/C15H23NO3.C9H9NO6S.C9H10O2.CH4/c1-4-9-18-14-7-5-6-8-15(14)19-11-13(17)10-16-12(2)3;11-10(12)7-2-1-3-9(4-7)17(13,14)16-6-8-5-15-8;1-2-7-11-9-6-4-3-5-8(9)10;/h4-8,12-13,16-17H,1,9-11H2,2-3H3;1-4,8H,5-6H2;2-6,10H,1,7H2;1H4/t13-;8-;;/m11../s1. The third-order valence-electron chi connectivity index (χ3n) is 5.75. The highest BCUT2D eigenvalue weighted by Crippen LogP contribution is 2.27. The zero-order valence-corrected chi connectivity index (χ0v) is 27.2. The first-order valence-corrected chi connectivity index (χ1v) is 16.0. The van der Waals surface area contributed by atoms with Crippen LogP contribution in [0.4, 0.5) is 5.69 Å². The molecular formula is C34H46N2O11S. The molecule has 264 valence electrons. The zero-order chi connectivity index (χ0) is 34.7. The molecule has 3 N–H and O–H groups in total. The first kappa shape index (κ1) is 41.6. The number of nitrogens with one attached hydrogen (secondary N) is 1. The van der Waals surface area contributed by atoms with Crippen molar-refractivity contribution in [1.82, 2.24) is 5.32 Å². The number of epoxide rings is 1. The molecule has 0 aromatic heterocycles. The lowest BCUT2D eigenvalue weighted by atomic mass is 10.3. The summed E-state index contributed by atoms with van der Waals surface area (Å²) in [7, 11) is -3.96. The van der Waals surface area contributed by atoms with Gasteiger partial charge in [0.05, 0.1) is 18.1 Å². The summed E-state index contributed by atoms with van der Waals surface area (Å²) < 4.78 is 49.0. The fourth-order valence-electron chi connectivity index (χ4n) is 3.33. The van der Waals surface area contributed by atoms with Gasteiger partial charge in [-0.05, 0) is 30.3 Å². The largest absolute Gasteiger partial charge is 0.504 e. The lowest BCUT2D eigenvalue weighted by Gasteiger charge is -2.16. The highest BCUT2D eigenvalue weighted by molar-refractivity contribution is 7.86. The minimum absolute atomic E-state index is 0. The maximum Gasteiger partial charge on any atom is 0.297 e. The lowest BCUT2D eigenvalue weighted by molar-refractivity contribution is -0.385. The molecule has 0 saturated carbocycles. The van der Waals surface area contributed by atoms with E-state index in [2.05, 4.69) is 18.5 Å². The van der Waals surface area contributed by atoms with Gasteiger partial charge < -0.3 is 34.5 Å². The van der Waals surface area contributed by atoms with Crippen LogP contribution in [-0.2, 0) is 19.0 Å². The fraction of sp³-hybridized carbons (Fsp3) is 0.353. The Balaban J connectivity index is 0.000000368. The van der Waals surface area contributed by atoms with Crippen molar-refractivity contribution >= 4 is 15.8 Å². The van der Waals surface area contributed by atoms with E-state index in [9.17, 15) is 28.7 Å². The fourth-order valence-corrected chi connectivity index (χ4v) is 4.31. The number of phenolic OH excluding ortho intramolecular Hbond substituents is 1. The van der Waals surface area contributed by atoms with Gasteiger partial charge in [-0.2, -0.15) is 8.42 Å². The Bertz CT molecular complexity index is 1510. The van der Waals surface area contributed by atoms with Crippen molar-refractivity contribution in [2.24, 2.45) is 0 Å². The van der Waals surface area contributed by atoms with Gasteiger partial charge in [0.25, 0.3) is 15.8 Å². The van der Waals surface area contributed by atoms with Crippen LogP contribution in [0, 0.1) is 10.1 Å². The Hall–Kier alpha value is -4.47. The molecule has 3 aromatic carbocycles. The number of nitro benzene ring substituents is 1. The molecule has 48 heavy (non-hydrogen) atoms. The first-order chi connectivity index (χ1) is 22.5. The van der Waals surface area contributed by atoms with Crippen molar-refractivity contribution < 1.29 is 46.7 Å². The Morgan fingerprint density at radius 1 is 0.979 bits per heavy atom. The number of para-hydroxylation sites is 4. The second-order valence-corrected chi connectivity index (χ2v) is 11.7. The summed E-state index contributed by atoms with van der Waals surface area (Å²) in [5, 5.41) is 32.6. The molecule has 2 atom stereocenters. The van der Waals surface area contributed by atoms with E-state index >= 15 is 0 Å². The number of non-ortho nitro benzene ring substituents is 1. The molecule has 13 nitrogen and oxygen atoms in total. The Morgan fingerprint density at radius 2 is 1.54 bits per heavy atom. The van der Waals surface area contributed by atoms with Crippen LogP contribution in [0.1, 0.15) is 21.3 Å². The van der Waals surface area contributed by atoms with Gasteiger partial charge in [0.2, 0.25) is 0 Å². The Labute approximate surface area is 282 Å². The molecule has 1 saturated heterocycles. The van der Waals surface area contributed by atoms with Crippen LogP contribution in [0.15, 0.2) is 103 Å². The predicted molar refractivity (Wildman–Crippen MR) is 183 cm³/mol. The number of ether oxygens (including phenoxy) is 4. The summed E-state index contributed by atoms with van der Waals surface area (Å²) in [6.45, 7) is 13.2. The third kappa shape index (κ3) is 16.4. The molecule has 0 bridgehead atoms. The van der Waals surface area contributed by atoms with Crippen LogP contribution in [-0.4, -0.2) is 81.4 Å². The van der Waals surface area contributed by atoms with Crippen LogP contribution < -0.4 is 19.5 Å². The summed E-state index contributed by atoms with van der Waals surface area (Å²) in [5.41, 5.74) is -0.294. The number of benzene rings is 3. The first-order valence-electron chi connectivity index (χ1n) is 14.6. The normalized spacial score (nSPS) is 13.6. The molecule has 1 aliphatic heterocycles. The summed E-state index contributed by atoms with van der Waals surface area (Å²) in [6, 6.07) is 19.3. The number of hydrogen-bond donors (Lipinski definition) is 3. The molecule has 3 aromatic rings. The molecule has 14 heteroatoms. The number of phenols is 1. The van der Waals surface area contributed by atoms with Gasteiger partial charge in [0.15, 0.2) is 23.0 Å². The number of nitrogens with zero attached hydrogens (tertiary/aromatic N) is 1. The minimum atomic E-state index is -3.96. The van der Waals surface area contributed by atoms with E-state index in [-0.39, 0.29) is 43.1 Å². The molecule has 0 unspecified atom stereocenters. The van der Waals surface area contributed by atoms with Crippen molar-refractivity contribution in [3.63, 3.8) is 0 Å². The van der Waals surface area contributed by atoms with Gasteiger partial charge in [0.1, 0.15) is 36.9 Å². The molecular weight excluding hydrogens is 644 g/mol. The van der Waals surface area contributed by atoms with Crippen LogP contribution in [0.25, 0.3) is 0 Å². The molecule has 4 rings (SSSR count). The molecule has 0 amide bonds. The van der Waals surface area contributed by atoms with E-state index in [1.807, 2.05) is 38.1 Å². The quantitative estimate of drug-likeness (QED) is 0.0549. The highest BCUT2D eigenvalue weighted by atomic mass is 32.2. The summed E-state index contributed by atoms with van der Waals surface area (Å²) >= 11 is 0. The smallest absolute Gasteiger partial charge is 0.297 e. The average molecular weight is 691 g/mol. The average Bonchev–Trinajstić information content (AvgIpc) is 3.90. The van der Waals surface area contributed by atoms with E-state index in [0.717, 1.165) is 6.07 Å². The highest BCUT2D eigenvalue weighted by Gasteiger charge is 2.27. The van der Waals surface area contributed by atoms with Gasteiger partial charge in [-0.3, -0.25) is 14.3 Å². The van der Waals surface area contributed by atoms with E-state index in [1.165, 1.54) is 18.2 Å². The molecule has 0 spiro atoms. The maximum absolute atomic E-state index is 11.6. The van der Waals surface area contributed by atoms with Crippen LogP contribution in [0.2, 0.25) is 0 Å². The summed E-state index contributed by atoms with van der Waals surface area (Å²) in [5.74, 6) is 1.95. The van der Waals surface area contributed by atoms with Gasteiger partial charge in [-0.15, -0.1) is 0 Å². The number of aliphatic hydroxyl groups excluding tert-OH is 1. The number of aliphatic hydroxyl groups is 1. The molecule has 0 aliphatic carbocycles. The molecule has 0 radical (unpaired) electrons. The van der Waals surface area contributed by atoms with Gasteiger partial charge in [0, 0.05) is 24.7 Å². The summed E-state index contributed by atoms with van der Waals surface area (Å²) in [4.78, 5) is 9.61. The van der Waals surface area contributed by atoms with E-state index < -0.39 is 21.1 Å². The van der Waals surface area contributed by atoms with E-state index in [0.29, 0.717) is 49.7 Å². The van der Waals surface area contributed by atoms with Crippen molar-refractivity contribution in [3.8, 4) is 23.0 Å². The number of rotatable bonds is 17. The van der Waals surface area contributed by atoms with Gasteiger partial charge in [-0.1, -0.05) is 76.9 Å². The predicted octanol–water partition coefficient (Wildman–Crippen LogP) is 5.28. The Morgan fingerprint density at radius 3 is 2.08 bits per heavy atom. The minimum Gasteiger partial charge on any atom is -0.504 e. The molecule has 1 heterocycles. The van der Waals surface area contributed by atoms with E-state index in [1.54, 1.807) is 36.4 Å². The van der Waals surface area contributed by atoms with Crippen molar-refractivity contribution in [3.05, 3.63) is 108 Å². The van der Waals surface area contributed by atoms with Crippen LogP contribution in [0.5, 0.6) is 23.0 Å². The topological polar surface area (TPSA) is 179 Å². The Kier molecular flexibility index (Phi) is 19.2. The van der Waals surface area contributed by atoms with Crippen LogP contribution >= 0.6 is 0 Å². The number of hydrogen-bond acceptors (Lipinski definition) is 12. The number of nitro groups is 1. The maximum atomic E-state index is 11.6. The second-order valence-electron chi connectivity index (χ2n) is 10.1. The zero-order valence-electron chi connectivity index (χ0n) is 26.4. The van der Waals surface area contributed by atoms with Gasteiger partial charge >= 0.3 is 0 Å². The van der Waals surface area contributed by atoms with E-state index in [4.69, 9.17) is 23.1 Å². The SMILES string of the molecule is C.C=CCOc1ccccc1O.C=CCOc1ccccc1OC[C@H](O)CNC(C)C.O=[N+]([O-])c1cccc(S(=O)(=O)OC[C@H]2CO2)c1. The van der Waals surface area contributed by atoms with Crippen molar-refractivity contribution in [1.29, 1.82) is 0 Å². The molecule has 1 fully saturated rings. The van der Waals surface area contributed by atoms with Gasteiger partial charge in [-0.25, -0.2) is 0 Å². The molecule has 1 aliphatic rings. The summed E-state index contributed by atoms with van der Waals surface area (Å²) in [6.07, 6.45) is 2.57. The third-order valence-corrected chi connectivity index (χ3v) is 7.03. The lowest BCUT2D eigenvalue weighted by Crippen LogP contribution is -2.35. The second kappa shape index (κ2) is 22.2. The monoisotopic (exact) mass is 690 g/mol. The van der Waals surface area contributed by atoms with Crippen LogP contribution in [0.3, 0.4) is 0 Å².